The van der Waals surface area contributed by atoms with E-state index in [9.17, 15) is 9.59 Å². The van der Waals surface area contributed by atoms with Crippen LogP contribution < -0.4 is 11.1 Å². The number of nitrogen functional groups attached to an aromatic ring is 1. The van der Waals surface area contributed by atoms with Gasteiger partial charge in [0.2, 0.25) is 5.91 Å². The number of carboxylic acids is 1. The van der Waals surface area contributed by atoms with Crippen LogP contribution in [0.15, 0.2) is 42.5 Å². The van der Waals surface area contributed by atoms with Gasteiger partial charge >= 0.3 is 5.97 Å². The molecule has 1 amide bonds. The number of carbonyl (C=O) groups is 2. The number of carbonyl (C=O) groups excluding carboxylic acids is 1. The molecule has 0 saturated heterocycles. The molecule has 10 nitrogen and oxygen atoms in total. The Morgan fingerprint density at radius 2 is 1.97 bits per heavy atom. The second-order valence-corrected chi connectivity index (χ2v) is 9.49. The molecule has 1 aliphatic rings. The summed E-state index contributed by atoms with van der Waals surface area (Å²) in [5.74, 6) is -0.349. The largest absolute Gasteiger partial charge is 0.481 e. The fourth-order valence-corrected chi connectivity index (χ4v) is 4.87. The minimum absolute atomic E-state index is 0.0333. The third kappa shape index (κ3) is 4.28. The highest BCUT2D eigenvalue weighted by atomic mass is 35.5. The van der Waals surface area contributed by atoms with Gasteiger partial charge in [0.25, 0.3) is 0 Å². The molecule has 4 aromatic rings. The highest BCUT2D eigenvalue weighted by Gasteiger charge is 2.47. The molecular formula is C26H25ClN6O4. The van der Waals surface area contributed by atoms with Crippen molar-refractivity contribution in [3.63, 3.8) is 0 Å². The van der Waals surface area contributed by atoms with Crippen molar-refractivity contribution >= 4 is 46.0 Å². The summed E-state index contributed by atoms with van der Waals surface area (Å²) in [7, 11) is 1.62. The Balaban J connectivity index is 1.56. The summed E-state index contributed by atoms with van der Waals surface area (Å²) in [4.78, 5) is 33.4. The summed E-state index contributed by atoms with van der Waals surface area (Å²) in [5, 5.41) is 17.9. The number of aryl methyl sites for hydroxylation is 1. The van der Waals surface area contributed by atoms with Gasteiger partial charge in [0, 0.05) is 23.9 Å². The number of halogens is 1. The Morgan fingerprint density at radius 1 is 1.22 bits per heavy atom. The van der Waals surface area contributed by atoms with E-state index in [1.54, 1.807) is 24.8 Å². The average Bonchev–Trinajstić information content (AvgIpc) is 3.36. The van der Waals surface area contributed by atoms with E-state index in [-0.39, 0.29) is 24.0 Å². The number of hydrogen-bond acceptors (Lipinski definition) is 7. The van der Waals surface area contributed by atoms with Gasteiger partial charge in [-0.05, 0) is 42.7 Å². The predicted molar refractivity (Wildman–Crippen MR) is 140 cm³/mol. The SMILES string of the molecule is COCCn1nc(-c2nc(N)c3c(n2)NC(=O)C3(C)c2ccc(CCC(=O)O)cc2)c2ccc(Cl)cc21. The number of nitrogens with two attached hydrogens (primary N) is 1. The van der Waals surface area contributed by atoms with Crippen LogP contribution in [-0.2, 0) is 32.7 Å². The van der Waals surface area contributed by atoms with Crippen molar-refractivity contribution in [3.05, 3.63) is 64.2 Å². The second-order valence-electron chi connectivity index (χ2n) is 9.05. The lowest BCUT2D eigenvalue weighted by Crippen LogP contribution is -2.33. The molecule has 0 radical (unpaired) electrons. The van der Waals surface area contributed by atoms with Gasteiger partial charge in [0.1, 0.15) is 22.7 Å². The first-order valence-corrected chi connectivity index (χ1v) is 12.1. The van der Waals surface area contributed by atoms with Gasteiger partial charge < -0.3 is 20.9 Å². The Hall–Kier alpha value is -4.02. The fraction of sp³-hybridized carbons (Fsp3) is 0.269. The maximum Gasteiger partial charge on any atom is 0.303 e. The summed E-state index contributed by atoms with van der Waals surface area (Å²) >= 11 is 6.23. The molecular weight excluding hydrogens is 496 g/mol. The number of nitrogens with zero attached hydrogens (tertiary/aromatic N) is 4. The normalized spacial score (nSPS) is 16.7. The third-order valence-corrected chi connectivity index (χ3v) is 6.95. The van der Waals surface area contributed by atoms with E-state index >= 15 is 0 Å². The monoisotopic (exact) mass is 520 g/mol. The summed E-state index contributed by atoms with van der Waals surface area (Å²) in [6.45, 7) is 2.74. The number of hydrogen-bond donors (Lipinski definition) is 3. The number of rotatable bonds is 8. The van der Waals surface area contributed by atoms with Crippen LogP contribution in [0.5, 0.6) is 0 Å². The second kappa shape index (κ2) is 9.45. The van der Waals surface area contributed by atoms with Crippen LogP contribution in [-0.4, -0.2) is 50.4 Å². The van der Waals surface area contributed by atoms with Crippen molar-refractivity contribution < 1.29 is 19.4 Å². The summed E-state index contributed by atoms with van der Waals surface area (Å²) in [6, 6.07) is 12.7. The number of aromatic nitrogens is 4. The van der Waals surface area contributed by atoms with Gasteiger partial charge in [-0.25, -0.2) is 9.97 Å². The number of carboxylic acid groups (broad SMARTS) is 1. The molecule has 2 aromatic carbocycles. The molecule has 0 saturated carbocycles. The van der Waals surface area contributed by atoms with Crippen molar-refractivity contribution in [1.29, 1.82) is 0 Å². The van der Waals surface area contributed by atoms with Crippen LogP contribution in [0.1, 0.15) is 30.0 Å². The van der Waals surface area contributed by atoms with E-state index in [4.69, 9.17) is 32.3 Å². The molecule has 0 aliphatic carbocycles. The van der Waals surface area contributed by atoms with Crippen molar-refractivity contribution in [2.24, 2.45) is 0 Å². The average molecular weight is 521 g/mol. The number of ether oxygens (including phenoxy) is 1. The number of anilines is 2. The smallest absolute Gasteiger partial charge is 0.303 e. The van der Waals surface area contributed by atoms with Crippen molar-refractivity contribution in [3.8, 4) is 11.5 Å². The van der Waals surface area contributed by atoms with E-state index < -0.39 is 11.4 Å². The molecule has 11 heteroatoms. The van der Waals surface area contributed by atoms with Crippen molar-refractivity contribution in [2.45, 2.75) is 31.7 Å². The number of methoxy groups -OCH3 is 1. The van der Waals surface area contributed by atoms with Crippen LogP contribution in [0.2, 0.25) is 5.02 Å². The standard InChI is InChI=1S/C26H25ClN6O4/c1-26(15-6-3-14(4-7-15)5-10-19(34)35)20-22(28)29-24(30-23(20)31-25(26)36)21-17-9-8-16(27)13-18(17)33(32-21)11-12-37-2/h3-4,6-9,13H,5,10-12H2,1-2H3,(H,34,35)(H3,28,29,30,31,36). The first-order chi connectivity index (χ1) is 17.7. The van der Waals surface area contributed by atoms with E-state index in [2.05, 4.69) is 15.3 Å². The predicted octanol–water partition coefficient (Wildman–Crippen LogP) is 3.65. The first kappa shape index (κ1) is 24.7. The Kier molecular flexibility index (Phi) is 6.30. The number of amides is 1. The molecule has 1 atom stereocenters. The van der Waals surface area contributed by atoms with Gasteiger partial charge in [-0.2, -0.15) is 5.10 Å². The van der Waals surface area contributed by atoms with E-state index in [0.717, 1.165) is 16.5 Å². The molecule has 37 heavy (non-hydrogen) atoms. The Labute approximate surface area is 217 Å². The number of aliphatic carboxylic acids is 1. The van der Waals surface area contributed by atoms with Crippen LogP contribution in [0.4, 0.5) is 11.6 Å². The fourth-order valence-electron chi connectivity index (χ4n) is 4.71. The minimum Gasteiger partial charge on any atom is -0.481 e. The maximum absolute atomic E-state index is 13.3. The van der Waals surface area contributed by atoms with Gasteiger partial charge in [-0.15, -0.1) is 0 Å². The number of benzene rings is 2. The highest BCUT2D eigenvalue weighted by Crippen LogP contribution is 2.45. The van der Waals surface area contributed by atoms with Crippen LogP contribution >= 0.6 is 11.6 Å². The molecule has 4 N–H and O–H groups in total. The summed E-state index contributed by atoms with van der Waals surface area (Å²) in [6.07, 6.45) is 0.436. The van der Waals surface area contributed by atoms with Gasteiger partial charge in [-0.3, -0.25) is 14.3 Å². The number of nitrogens with one attached hydrogen (secondary N) is 1. The van der Waals surface area contributed by atoms with E-state index in [0.29, 0.717) is 47.2 Å². The van der Waals surface area contributed by atoms with Gasteiger partial charge in [-0.1, -0.05) is 35.9 Å². The highest BCUT2D eigenvalue weighted by molar-refractivity contribution is 6.31. The molecule has 1 unspecified atom stereocenters. The Morgan fingerprint density at radius 3 is 2.68 bits per heavy atom. The molecule has 0 bridgehead atoms. The summed E-state index contributed by atoms with van der Waals surface area (Å²) < 4.78 is 6.99. The van der Waals surface area contributed by atoms with Crippen LogP contribution in [0.25, 0.3) is 22.4 Å². The summed E-state index contributed by atoms with van der Waals surface area (Å²) in [5.41, 5.74) is 8.73. The van der Waals surface area contributed by atoms with Crippen LogP contribution in [0, 0.1) is 0 Å². The lowest BCUT2D eigenvalue weighted by Gasteiger charge is -2.23. The topological polar surface area (TPSA) is 145 Å². The molecule has 1 aliphatic heterocycles. The molecule has 5 rings (SSSR count). The van der Waals surface area contributed by atoms with E-state index in [1.165, 1.54) is 0 Å². The lowest BCUT2D eigenvalue weighted by atomic mass is 9.77. The van der Waals surface area contributed by atoms with Crippen LogP contribution in [0.3, 0.4) is 0 Å². The molecule has 3 heterocycles. The third-order valence-electron chi connectivity index (χ3n) is 6.71. The van der Waals surface area contributed by atoms with E-state index in [1.807, 2.05) is 36.4 Å². The zero-order valence-corrected chi connectivity index (χ0v) is 21.0. The van der Waals surface area contributed by atoms with Crippen molar-refractivity contribution in [1.82, 2.24) is 19.7 Å². The molecule has 0 spiro atoms. The first-order valence-electron chi connectivity index (χ1n) is 11.7. The zero-order valence-electron chi connectivity index (χ0n) is 20.3. The Bertz CT molecular complexity index is 1530. The molecule has 2 aromatic heterocycles. The maximum atomic E-state index is 13.3. The lowest BCUT2D eigenvalue weighted by molar-refractivity contribution is -0.137. The zero-order chi connectivity index (χ0) is 26.3. The minimum atomic E-state index is -1.11. The quantitative estimate of drug-likeness (QED) is 0.319. The molecule has 190 valence electrons. The van der Waals surface area contributed by atoms with Crippen molar-refractivity contribution in [2.75, 3.05) is 24.8 Å². The van der Waals surface area contributed by atoms with Gasteiger partial charge in [0.05, 0.1) is 24.2 Å². The number of fused-ring (bicyclic) bond motifs is 2. The molecule has 0 fully saturated rings. The van der Waals surface area contributed by atoms with Gasteiger partial charge in [0.15, 0.2) is 5.82 Å².